The lowest BCUT2D eigenvalue weighted by molar-refractivity contribution is 0.921. The van der Waals surface area contributed by atoms with E-state index in [4.69, 9.17) is 9.97 Å². The van der Waals surface area contributed by atoms with Gasteiger partial charge in [0.2, 0.25) is 0 Å². The zero-order valence-electron chi connectivity index (χ0n) is 21.4. The lowest BCUT2D eigenvalue weighted by atomic mass is 10.0. The van der Waals surface area contributed by atoms with Crippen molar-refractivity contribution >= 4 is 46.1 Å². The van der Waals surface area contributed by atoms with E-state index < -0.39 is 0 Å². The molecular formula is C35H27N3. The van der Waals surface area contributed by atoms with Gasteiger partial charge >= 0.3 is 0 Å². The minimum atomic E-state index is 0.951. The van der Waals surface area contributed by atoms with Crippen LogP contribution in [-0.2, 0) is 6.42 Å². The molecule has 3 aromatic carbocycles. The normalized spacial score (nSPS) is 13.8. The fraction of sp³-hybridized carbons (Fsp3) is 0.0857. The molecule has 0 fully saturated rings. The van der Waals surface area contributed by atoms with Gasteiger partial charge in [-0.3, -0.25) is 9.38 Å². The summed E-state index contributed by atoms with van der Waals surface area (Å²) in [5, 5.41) is 5.64. The number of pyridine rings is 2. The van der Waals surface area contributed by atoms with Gasteiger partial charge in [-0.2, -0.15) is 0 Å². The number of hydrogen-bond donors (Lipinski definition) is 0. The van der Waals surface area contributed by atoms with E-state index in [-0.39, 0.29) is 0 Å². The zero-order valence-corrected chi connectivity index (χ0v) is 21.4. The number of aromatic nitrogens is 3. The Kier molecular flexibility index (Phi) is 5.29. The van der Waals surface area contributed by atoms with Gasteiger partial charge in [-0.05, 0) is 65.6 Å². The van der Waals surface area contributed by atoms with Gasteiger partial charge in [-0.15, -0.1) is 0 Å². The first kappa shape index (κ1) is 22.4. The van der Waals surface area contributed by atoms with Crippen LogP contribution in [0.4, 0.5) is 0 Å². The van der Waals surface area contributed by atoms with Crippen molar-refractivity contribution in [1.82, 2.24) is 14.4 Å². The lowest BCUT2D eigenvalue weighted by Gasteiger charge is -2.12. The predicted molar refractivity (Wildman–Crippen MR) is 160 cm³/mol. The maximum absolute atomic E-state index is 5.09. The Balaban J connectivity index is 1.35. The second-order valence-electron chi connectivity index (χ2n) is 9.86. The Morgan fingerprint density at radius 2 is 1.68 bits per heavy atom. The van der Waals surface area contributed by atoms with Crippen LogP contribution < -0.4 is 10.4 Å². The molecule has 0 unspecified atom stereocenters. The van der Waals surface area contributed by atoms with Crippen molar-refractivity contribution in [3.05, 3.63) is 119 Å². The predicted octanol–water partition coefficient (Wildman–Crippen LogP) is 7.10. The molecule has 38 heavy (non-hydrogen) atoms. The first-order valence-electron chi connectivity index (χ1n) is 13.1. The van der Waals surface area contributed by atoms with Gasteiger partial charge < -0.3 is 0 Å². The third-order valence-corrected chi connectivity index (χ3v) is 7.53. The van der Waals surface area contributed by atoms with Crippen molar-refractivity contribution in [3.63, 3.8) is 0 Å². The molecule has 0 aliphatic heterocycles. The van der Waals surface area contributed by atoms with Crippen molar-refractivity contribution < 1.29 is 0 Å². The number of fused-ring (bicyclic) bond motifs is 8. The van der Waals surface area contributed by atoms with Crippen LogP contribution in [0, 0.1) is 0 Å². The Morgan fingerprint density at radius 1 is 0.868 bits per heavy atom. The maximum Gasteiger partial charge on any atom is 0.146 e. The highest BCUT2D eigenvalue weighted by molar-refractivity contribution is 6.12. The topological polar surface area (TPSA) is 30.2 Å². The molecule has 0 bridgehead atoms. The van der Waals surface area contributed by atoms with Gasteiger partial charge in [0.1, 0.15) is 5.65 Å². The summed E-state index contributed by atoms with van der Waals surface area (Å²) in [5.74, 6) is 0. The van der Waals surface area contributed by atoms with Crippen LogP contribution in [-0.4, -0.2) is 14.4 Å². The molecule has 3 aromatic heterocycles. The molecule has 3 heteroatoms. The summed E-state index contributed by atoms with van der Waals surface area (Å²) in [6, 6.07) is 25.9. The van der Waals surface area contributed by atoms with E-state index in [0.717, 1.165) is 67.8 Å². The van der Waals surface area contributed by atoms with Crippen LogP contribution in [0.5, 0.6) is 0 Å². The molecule has 6 aromatic rings. The number of benzene rings is 3. The van der Waals surface area contributed by atoms with E-state index in [1.807, 2.05) is 25.3 Å². The standard InChI is InChI=1S/C35H27N3/c1-3-4-9-24-14-19-27(20-23(24)2)25-15-17-26(18-16-25)32-21-29-30(22-36-32)28-10-5-7-12-33(28)38-34-13-8-6-11-31(34)37-35(29)38/h3-7,9-12,14-22H,2,8,13H2,1H3/b4-3-,24-9-. The number of rotatable bonds is 3. The molecule has 0 saturated heterocycles. The summed E-state index contributed by atoms with van der Waals surface area (Å²) < 4.78 is 2.36. The van der Waals surface area contributed by atoms with Crippen LogP contribution in [0.2, 0.25) is 0 Å². The van der Waals surface area contributed by atoms with Crippen molar-refractivity contribution in [2.45, 2.75) is 19.8 Å². The van der Waals surface area contributed by atoms with Crippen LogP contribution in [0.1, 0.15) is 24.7 Å². The Morgan fingerprint density at radius 3 is 2.53 bits per heavy atom. The zero-order chi connectivity index (χ0) is 25.6. The van der Waals surface area contributed by atoms with E-state index in [1.54, 1.807) is 0 Å². The van der Waals surface area contributed by atoms with Crippen molar-refractivity contribution in [1.29, 1.82) is 0 Å². The van der Waals surface area contributed by atoms with Crippen LogP contribution in [0.25, 0.3) is 68.4 Å². The molecule has 0 atom stereocenters. The Bertz CT molecular complexity index is 2040. The van der Waals surface area contributed by atoms with E-state index in [0.29, 0.717) is 0 Å². The van der Waals surface area contributed by atoms with Crippen LogP contribution >= 0.6 is 0 Å². The average molecular weight is 490 g/mol. The van der Waals surface area contributed by atoms with Crippen molar-refractivity contribution in [3.8, 4) is 22.4 Å². The Labute approximate surface area is 221 Å². The summed E-state index contributed by atoms with van der Waals surface area (Å²) in [5.41, 5.74) is 8.94. The Hall–Kier alpha value is -4.76. The maximum atomic E-state index is 5.09. The van der Waals surface area contributed by atoms with Crippen molar-refractivity contribution in [2.24, 2.45) is 0 Å². The summed E-state index contributed by atoms with van der Waals surface area (Å²) in [6.45, 7) is 6.26. The van der Waals surface area contributed by atoms with Gasteiger partial charge in [0, 0.05) is 27.9 Å². The minimum absolute atomic E-state index is 0.951. The fourth-order valence-electron chi connectivity index (χ4n) is 5.59. The monoisotopic (exact) mass is 489 g/mol. The molecule has 3 nitrogen and oxygen atoms in total. The van der Waals surface area contributed by atoms with Gasteiger partial charge in [0.15, 0.2) is 0 Å². The molecule has 0 N–H and O–H groups in total. The third kappa shape index (κ3) is 3.59. The van der Waals surface area contributed by atoms with Gasteiger partial charge in [0.05, 0.1) is 22.6 Å². The highest BCUT2D eigenvalue weighted by atomic mass is 15.0. The number of imidazole rings is 1. The van der Waals surface area contributed by atoms with Gasteiger partial charge in [-0.1, -0.05) is 85.5 Å². The number of para-hydroxylation sites is 1. The number of nitrogens with zero attached hydrogens (tertiary/aromatic N) is 3. The van der Waals surface area contributed by atoms with Gasteiger partial charge in [-0.25, -0.2) is 4.98 Å². The van der Waals surface area contributed by atoms with E-state index in [2.05, 4.69) is 102 Å². The first-order chi connectivity index (χ1) is 18.7. The first-order valence-corrected chi connectivity index (χ1v) is 13.1. The smallest absolute Gasteiger partial charge is 0.146 e. The number of hydrogen-bond acceptors (Lipinski definition) is 2. The molecule has 3 heterocycles. The van der Waals surface area contributed by atoms with E-state index >= 15 is 0 Å². The summed E-state index contributed by atoms with van der Waals surface area (Å²) in [6.07, 6.45) is 14.6. The molecule has 0 saturated carbocycles. The average Bonchev–Trinajstić information content (AvgIpc) is 3.37. The second-order valence-corrected chi connectivity index (χ2v) is 9.86. The second kappa shape index (κ2) is 8.97. The molecule has 1 aliphatic rings. The van der Waals surface area contributed by atoms with E-state index in [9.17, 15) is 0 Å². The summed E-state index contributed by atoms with van der Waals surface area (Å²) in [7, 11) is 0. The largest absolute Gasteiger partial charge is 0.295 e. The lowest BCUT2D eigenvalue weighted by Crippen LogP contribution is -2.22. The number of allylic oxidation sites excluding steroid dienone is 3. The molecular weight excluding hydrogens is 462 g/mol. The molecule has 0 radical (unpaired) electrons. The molecule has 182 valence electrons. The van der Waals surface area contributed by atoms with Crippen LogP contribution in [0.15, 0.2) is 97.2 Å². The van der Waals surface area contributed by atoms with Crippen LogP contribution in [0.3, 0.4) is 0 Å². The minimum Gasteiger partial charge on any atom is -0.295 e. The number of aryl methyl sites for hydroxylation is 1. The summed E-state index contributed by atoms with van der Waals surface area (Å²) in [4.78, 5) is 9.99. The SMILES string of the molecule is C=c1cc(-c2ccc(-c3cc4c(cn3)c3ccccc3n3c5c(nc43)C=CCC5)cc2)cc/c1=C/C=C\C. The van der Waals surface area contributed by atoms with Gasteiger partial charge in [0.25, 0.3) is 0 Å². The molecule has 1 aliphatic carbocycles. The third-order valence-electron chi connectivity index (χ3n) is 7.53. The molecule has 7 rings (SSSR count). The summed E-state index contributed by atoms with van der Waals surface area (Å²) >= 11 is 0. The molecule has 0 spiro atoms. The molecule has 0 amide bonds. The van der Waals surface area contributed by atoms with E-state index in [1.165, 1.54) is 16.6 Å². The fourth-order valence-corrected chi connectivity index (χ4v) is 5.59. The highest BCUT2D eigenvalue weighted by Gasteiger charge is 2.18. The highest BCUT2D eigenvalue weighted by Crippen LogP contribution is 2.34. The van der Waals surface area contributed by atoms with Crippen molar-refractivity contribution in [2.75, 3.05) is 0 Å². The quantitative estimate of drug-likeness (QED) is 0.248.